The molecule has 0 bridgehead atoms. The van der Waals surface area contributed by atoms with Crippen LogP contribution in [0.15, 0.2) is 36.9 Å². The zero-order chi connectivity index (χ0) is 17.9. The van der Waals surface area contributed by atoms with Crippen molar-refractivity contribution in [1.29, 1.82) is 0 Å². The van der Waals surface area contributed by atoms with Crippen molar-refractivity contribution < 1.29 is 19.4 Å². The number of fused-ring (bicyclic) bond motifs is 1. The third-order valence-electron chi connectivity index (χ3n) is 3.67. The SMILES string of the molecule is C=C[C@@H](O)[C@H](NC(=O)c1cc2c(OC)cccc2[nH]1)C(=O)N(C)C. The lowest BCUT2D eigenvalue weighted by Crippen LogP contribution is -2.52. The van der Waals surface area contributed by atoms with Crippen molar-refractivity contribution in [2.24, 2.45) is 0 Å². The number of nitrogens with one attached hydrogen (secondary N) is 2. The minimum atomic E-state index is -1.19. The second-order valence-electron chi connectivity index (χ2n) is 5.51. The van der Waals surface area contributed by atoms with Gasteiger partial charge < -0.3 is 25.0 Å². The maximum absolute atomic E-state index is 12.5. The van der Waals surface area contributed by atoms with Crippen LogP contribution in [0.1, 0.15) is 10.5 Å². The number of hydrogen-bond acceptors (Lipinski definition) is 4. The molecule has 1 aromatic carbocycles. The first-order chi connectivity index (χ1) is 11.4. The van der Waals surface area contributed by atoms with Gasteiger partial charge in [0.2, 0.25) is 5.91 Å². The molecule has 2 aromatic rings. The molecule has 1 heterocycles. The second-order valence-corrected chi connectivity index (χ2v) is 5.51. The van der Waals surface area contributed by atoms with Crippen molar-refractivity contribution in [2.45, 2.75) is 12.1 Å². The van der Waals surface area contributed by atoms with Gasteiger partial charge in [0.25, 0.3) is 5.91 Å². The van der Waals surface area contributed by atoms with E-state index in [0.717, 1.165) is 10.9 Å². The Morgan fingerprint density at radius 3 is 2.71 bits per heavy atom. The lowest BCUT2D eigenvalue weighted by atomic mass is 10.1. The minimum Gasteiger partial charge on any atom is -0.496 e. The molecule has 0 radical (unpaired) electrons. The predicted octanol–water partition coefficient (Wildman–Crippen LogP) is 0.910. The number of amides is 2. The van der Waals surface area contributed by atoms with Gasteiger partial charge >= 0.3 is 0 Å². The summed E-state index contributed by atoms with van der Waals surface area (Å²) in [6.07, 6.45) is 0.0170. The number of aromatic nitrogens is 1. The summed E-state index contributed by atoms with van der Waals surface area (Å²) in [7, 11) is 4.64. The molecule has 2 amide bonds. The van der Waals surface area contributed by atoms with Crippen LogP contribution in [0, 0.1) is 0 Å². The summed E-state index contributed by atoms with van der Waals surface area (Å²) in [6, 6.07) is 5.94. The average molecular weight is 331 g/mol. The highest BCUT2D eigenvalue weighted by molar-refractivity contribution is 6.01. The lowest BCUT2D eigenvalue weighted by molar-refractivity contribution is -0.132. The number of hydrogen-bond donors (Lipinski definition) is 3. The second kappa shape index (κ2) is 7.18. The van der Waals surface area contributed by atoms with Crippen LogP contribution in [-0.2, 0) is 4.79 Å². The summed E-state index contributed by atoms with van der Waals surface area (Å²) < 4.78 is 5.26. The Morgan fingerprint density at radius 2 is 2.12 bits per heavy atom. The van der Waals surface area contributed by atoms with E-state index in [2.05, 4.69) is 16.9 Å². The number of carbonyl (C=O) groups is 2. The highest BCUT2D eigenvalue weighted by Crippen LogP contribution is 2.26. The lowest BCUT2D eigenvalue weighted by Gasteiger charge is -2.23. The molecule has 7 heteroatoms. The molecule has 128 valence electrons. The monoisotopic (exact) mass is 331 g/mol. The van der Waals surface area contributed by atoms with Gasteiger partial charge in [-0.3, -0.25) is 9.59 Å². The number of H-pyrrole nitrogens is 1. The molecule has 3 N–H and O–H groups in total. The Kier molecular flexibility index (Phi) is 5.25. The number of rotatable bonds is 6. The van der Waals surface area contributed by atoms with E-state index >= 15 is 0 Å². The maximum atomic E-state index is 12.5. The van der Waals surface area contributed by atoms with Gasteiger partial charge in [-0.1, -0.05) is 12.1 Å². The zero-order valence-corrected chi connectivity index (χ0v) is 13.9. The number of carbonyl (C=O) groups excluding carboxylic acids is 2. The van der Waals surface area contributed by atoms with Gasteiger partial charge in [-0.2, -0.15) is 0 Å². The van der Waals surface area contributed by atoms with Crippen LogP contribution in [0.25, 0.3) is 10.9 Å². The molecule has 0 aliphatic carbocycles. The van der Waals surface area contributed by atoms with Crippen molar-refractivity contribution >= 4 is 22.7 Å². The number of ether oxygens (including phenoxy) is 1. The molecule has 24 heavy (non-hydrogen) atoms. The van der Waals surface area contributed by atoms with Crippen LogP contribution < -0.4 is 10.1 Å². The average Bonchev–Trinajstić information content (AvgIpc) is 3.02. The fraction of sp³-hybridized carbons (Fsp3) is 0.294. The number of benzene rings is 1. The normalized spacial score (nSPS) is 13.2. The number of nitrogens with zero attached hydrogens (tertiary/aromatic N) is 1. The standard InChI is InChI=1S/C17H21N3O4/c1-5-13(21)15(17(23)20(2)3)19-16(22)12-9-10-11(18-12)7-6-8-14(10)24-4/h5-9,13,15,18,21H,1H2,2-4H3,(H,19,22)/t13-,15+/m1/s1. The largest absolute Gasteiger partial charge is 0.496 e. The van der Waals surface area contributed by atoms with E-state index in [-0.39, 0.29) is 5.69 Å². The maximum Gasteiger partial charge on any atom is 0.268 e. The Labute approximate surface area is 139 Å². The first-order valence-corrected chi connectivity index (χ1v) is 7.37. The summed E-state index contributed by atoms with van der Waals surface area (Å²) in [4.78, 5) is 28.9. The smallest absolute Gasteiger partial charge is 0.268 e. The van der Waals surface area contributed by atoms with Crippen LogP contribution in [0.5, 0.6) is 5.75 Å². The quantitative estimate of drug-likeness (QED) is 0.686. The number of aliphatic hydroxyl groups excluding tert-OH is 1. The molecule has 2 atom stereocenters. The molecule has 0 saturated carbocycles. The molecule has 1 aromatic heterocycles. The van der Waals surface area contributed by atoms with Crippen LogP contribution in [0.4, 0.5) is 0 Å². The van der Waals surface area contributed by atoms with Crippen LogP contribution in [0.3, 0.4) is 0 Å². The zero-order valence-electron chi connectivity index (χ0n) is 13.9. The van der Waals surface area contributed by atoms with E-state index in [0.29, 0.717) is 5.75 Å². The number of aliphatic hydroxyl groups is 1. The highest BCUT2D eigenvalue weighted by Gasteiger charge is 2.28. The number of aromatic amines is 1. The van der Waals surface area contributed by atoms with Gasteiger partial charge in [-0.15, -0.1) is 6.58 Å². The fourth-order valence-electron chi connectivity index (χ4n) is 2.35. The van der Waals surface area contributed by atoms with Gasteiger partial charge in [0, 0.05) is 25.0 Å². The van der Waals surface area contributed by atoms with Crippen molar-refractivity contribution in [3.63, 3.8) is 0 Å². The number of methoxy groups -OCH3 is 1. The van der Waals surface area contributed by atoms with Crippen molar-refractivity contribution in [3.05, 3.63) is 42.6 Å². The summed E-state index contributed by atoms with van der Waals surface area (Å²) in [6.45, 7) is 3.46. The van der Waals surface area contributed by atoms with E-state index in [1.807, 2.05) is 6.07 Å². The fourth-order valence-corrected chi connectivity index (χ4v) is 2.35. The van der Waals surface area contributed by atoms with E-state index in [1.54, 1.807) is 39.4 Å². The Hall–Kier alpha value is -2.80. The predicted molar refractivity (Wildman–Crippen MR) is 91.0 cm³/mol. The van der Waals surface area contributed by atoms with Gasteiger partial charge in [-0.05, 0) is 18.2 Å². The molecular formula is C17H21N3O4. The topological polar surface area (TPSA) is 94.7 Å². The van der Waals surface area contributed by atoms with Crippen molar-refractivity contribution in [1.82, 2.24) is 15.2 Å². The molecule has 0 fully saturated rings. The van der Waals surface area contributed by atoms with Crippen LogP contribution in [-0.4, -0.2) is 60.2 Å². The Bertz CT molecular complexity index is 766. The Balaban J connectivity index is 2.30. The first-order valence-electron chi connectivity index (χ1n) is 7.37. The first kappa shape index (κ1) is 17.6. The van der Waals surface area contributed by atoms with Gasteiger partial charge in [0.05, 0.1) is 7.11 Å². The third-order valence-corrected chi connectivity index (χ3v) is 3.67. The summed E-state index contributed by atoms with van der Waals surface area (Å²) in [5.41, 5.74) is 1.00. The molecule has 0 saturated heterocycles. The van der Waals surface area contributed by atoms with Crippen molar-refractivity contribution in [2.75, 3.05) is 21.2 Å². The summed E-state index contributed by atoms with van der Waals surface area (Å²) in [5.74, 6) is -0.298. The molecule has 0 aliphatic heterocycles. The molecule has 0 aliphatic rings. The molecule has 2 rings (SSSR count). The summed E-state index contributed by atoms with van der Waals surface area (Å²) >= 11 is 0. The Morgan fingerprint density at radius 1 is 1.42 bits per heavy atom. The summed E-state index contributed by atoms with van der Waals surface area (Å²) in [5, 5.41) is 13.2. The van der Waals surface area contributed by atoms with Crippen LogP contribution in [0.2, 0.25) is 0 Å². The van der Waals surface area contributed by atoms with E-state index in [4.69, 9.17) is 4.74 Å². The molecule has 7 nitrogen and oxygen atoms in total. The van der Waals surface area contributed by atoms with E-state index in [1.165, 1.54) is 11.0 Å². The highest BCUT2D eigenvalue weighted by atomic mass is 16.5. The third kappa shape index (κ3) is 3.41. The van der Waals surface area contributed by atoms with E-state index in [9.17, 15) is 14.7 Å². The molecule has 0 spiro atoms. The van der Waals surface area contributed by atoms with Gasteiger partial charge in [0.1, 0.15) is 23.6 Å². The van der Waals surface area contributed by atoms with Crippen molar-refractivity contribution in [3.8, 4) is 5.75 Å². The minimum absolute atomic E-state index is 0.266. The molecule has 0 unspecified atom stereocenters. The number of likely N-dealkylation sites (N-methyl/N-ethyl adjacent to an activating group) is 1. The van der Waals surface area contributed by atoms with Gasteiger partial charge in [0.15, 0.2) is 0 Å². The van der Waals surface area contributed by atoms with Gasteiger partial charge in [-0.25, -0.2) is 0 Å². The molecular weight excluding hydrogens is 310 g/mol. The van der Waals surface area contributed by atoms with Crippen LogP contribution >= 0.6 is 0 Å². The van der Waals surface area contributed by atoms with E-state index < -0.39 is 24.0 Å².